The van der Waals surface area contributed by atoms with Crippen molar-refractivity contribution in [1.29, 1.82) is 0 Å². The minimum atomic E-state index is -0.507. The van der Waals surface area contributed by atoms with Crippen LogP contribution in [0.1, 0.15) is 33.9 Å². The van der Waals surface area contributed by atoms with E-state index in [1.54, 1.807) is 0 Å². The monoisotopic (exact) mass is 282 g/mol. The largest absolute Gasteiger partial charge is 0.390 e. The standard InChI is InChI=1S/C19H22O2/c1-13-7-8-14(2)16(11-13)12-18(20)19-17-6-4-3-5-15(17)9-10-21-19/h3-8,11,18-20H,9-10,12H2,1-2H3. The van der Waals surface area contributed by atoms with Crippen molar-refractivity contribution in [2.24, 2.45) is 0 Å². The highest BCUT2D eigenvalue weighted by Gasteiger charge is 2.27. The predicted molar refractivity (Wildman–Crippen MR) is 84.5 cm³/mol. The summed E-state index contributed by atoms with van der Waals surface area (Å²) in [6.45, 7) is 4.87. The summed E-state index contributed by atoms with van der Waals surface area (Å²) >= 11 is 0. The molecule has 0 bridgehead atoms. The molecule has 2 unspecified atom stereocenters. The highest BCUT2D eigenvalue weighted by atomic mass is 16.5. The zero-order valence-corrected chi connectivity index (χ0v) is 12.7. The number of fused-ring (bicyclic) bond motifs is 1. The molecule has 0 amide bonds. The first-order chi connectivity index (χ1) is 10.1. The molecule has 2 aromatic carbocycles. The molecule has 2 heteroatoms. The molecule has 1 aliphatic rings. The van der Waals surface area contributed by atoms with Crippen molar-refractivity contribution in [3.05, 3.63) is 70.3 Å². The predicted octanol–water partition coefficient (Wildman–Crippen LogP) is 3.52. The highest BCUT2D eigenvalue weighted by Crippen LogP contribution is 2.31. The minimum absolute atomic E-state index is 0.213. The van der Waals surface area contributed by atoms with Crippen LogP contribution in [0.4, 0.5) is 0 Å². The maximum Gasteiger partial charge on any atom is 0.109 e. The molecule has 0 fully saturated rings. The van der Waals surface area contributed by atoms with Gasteiger partial charge >= 0.3 is 0 Å². The van der Waals surface area contributed by atoms with Gasteiger partial charge in [0.25, 0.3) is 0 Å². The molecular weight excluding hydrogens is 260 g/mol. The SMILES string of the molecule is Cc1ccc(C)c(CC(O)C2OCCc3ccccc32)c1. The Labute approximate surface area is 126 Å². The van der Waals surface area contributed by atoms with Gasteiger partial charge in [-0.05, 0) is 42.5 Å². The zero-order chi connectivity index (χ0) is 14.8. The maximum atomic E-state index is 10.7. The topological polar surface area (TPSA) is 29.5 Å². The summed E-state index contributed by atoms with van der Waals surface area (Å²) < 4.78 is 5.86. The van der Waals surface area contributed by atoms with Gasteiger partial charge in [-0.25, -0.2) is 0 Å². The molecule has 0 aromatic heterocycles. The third kappa shape index (κ3) is 3.02. The Morgan fingerprint density at radius 1 is 1.19 bits per heavy atom. The third-order valence-corrected chi connectivity index (χ3v) is 4.31. The molecule has 2 nitrogen and oxygen atoms in total. The van der Waals surface area contributed by atoms with Crippen LogP contribution in [-0.2, 0) is 17.6 Å². The van der Waals surface area contributed by atoms with Crippen LogP contribution in [-0.4, -0.2) is 17.8 Å². The summed E-state index contributed by atoms with van der Waals surface area (Å²) in [4.78, 5) is 0. The fourth-order valence-corrected chi connectivity index (χ4v) is 3.10. The van der Waals surface area contributed by atoms with E-state index in [1.807, 2.05) is 6.07 Å². The van der Waals surface area contributed by atoms with Crippen LogP contribution in [0.25, 0.3) is 0 Å². The van der Waals surface area contributed by atoms with E-state index < -0.39 is 6.10 Å². The second-order valence-electron chi connectivity index (χ2n) is 5.94. The third-order valence-electron chi connectivity index (χ3n) is 4.31. The molecule has 2 atom stereocenters. The van der Waals surface area contributed by atoms with E-state index >= 15 is 0 Å². The van der Waals surface area contributed by atoms with Gasteiger partial charge in [0.05, 0.1) is 12.7 Å². The van der Waals surface area contributed by atoms with Crippen LogP contribution in [0.5, 0.6) is 0 Å². The van der Waals surface area contributed by atoms with Gasteiger partial charge < -0.3 is 9.84 Å². The lowest BCUT2D eigenvalue weighted by Crippen LogP contribution is -2.28. The number of hydrogen-bond donors (Lipinski definition) is 1. The normalized spacial score (nSPS) is 19.1. The van der Waals surface area contributed by atoms with Crippen LogP contribution in [0.3, 0.4) is 0 Å². The summed E-state index contributed by atoms with van der Waals surface area (Å²) in [6, 6.07) is 14.7. The van der Waals surface area contributed by atoms with Gasteiger partial charge in [0.1, 0.15) is 6.10 Å². The Morgan fingerprint density at radius 3 is 2.86 bits per heavy atom. The van der Waals surface area contributed by atoms with Crippen LogP contribution in [0.15, 0.2) is 42.5 Å². The highest BCUT2D eigenvalue weighted by molar-refractivity contribution is 5.34. The summed E-state index contributed by atoms with van der Waals surface area (Å²) in [5.41, 5.74) is 6.10. The molecule has 0 saturated carbocycles. The molecule has 0 aliphatic carbocycles. The van der Waals surface area contributed by atoms with E-state index in [0.717, 1.165) is 12.0 Å². The molecule has 1 heterocycles. The number of aliphatic hydroxyl groups is 1. The van der Waals surface area contributed by atoms with E-state index in [0.29, 0.717) is 13.0 Å². The molecular formula is C19H22O2. The van der Waals surface area contributed by atoms with Gasteiger partial charge in [0, 0.05) is 6.42 Å². The van der Waals surface area contributed by atoms with Crippen molar-refractivity contribution < 1.29 is 9.84 Å². The molecule has 0 saturated heterocycles. The Kier molecular flexibility index (Phi) is 4.09. The van der Waals surface area contributed by atoms with E-state index in [1.165, 1.54) is 22.3 Å². The average molecular weight is 282 g/mol. The summed E-state index contributed by atoms with van der Waals surface area (Å²) in [7, 11) is 0. The Hall–Kier alpha value is -1.64. The first kappa shape index (κ1) is 14.3. The maximum absolute atomic E-state index is 10.7. The van der Waals surface area contributed by atoms with Gasteiger partial charge in [-0.15, -0.1) is 0 Å². The number of rotatable bonds is 3. The van der Waals surface area contributed by atoms with Gasteiger partial charge in [-0.2, -0.15) is 0 Å². The van der Waals surface area contributed by atoms with E-state index in [2.05, 4.69) is 50.2 Å². The molecule has 21 heavy (non-hydrogen) atoms. The van der Waals surface area contributed by atoms with E-state index in [4.69, 9.17) is 4.74 Å². The van der Waals surface area contributed by atoms with Gasteiger partial charge in [0.2, 0.25) is 0 Å². The molecule has 1 aliphatic heterocycles. The summed E-state index contributed by atoms with van der Waals surface area (Å²) in [5.74, 6) is 0. The van der Waals surface area contributed by atoms with E-state index in [9.17, 15) is 5.11 Å². The lowest BCUT2D eigenvalue weighted by molar-refractivity contribution is -0.0461. The van der Waals surface area contributed by atoms with Crippen LogP contribution in [0.2, 0.25) is 0 Å². The molecule has 3 rings (SSSR count). The number of ether oxygens (including phenoxy) is 1. The molecule has 110 valence electrons. The first-order valence-electron chi connectivity index (χ1n) is 7.59. The fourth-order valence-electron chi connectivity index (χ4n) is 3.10. The minimum Gasteiger partial charge on any atom is -0.390 e. The second kappa shape index (κ2) is 6.00. The molecule has 0 radical (unpaired) electrons. The number of aryl methyl sites for hydroxylation is 2. The van der Waals surface area contributed by atoms with Crippen molar-refractivity contribution in [2.45, 2.75) is 38.9 Å². The van der Waals surface area contributed by atoms with Crippen molar-refractivity contribution in [1.82, 2.24) is 0 Å². The van der Waals surface area contributed by atoms with Gasteiger partial charge in [0.15, 0.2) is 0 Å². The van der Waals surface area contributed by atoms with Crippen LogP contribution < -0.4 is 0 Å². The van der Waals surface area contributed by atoms with Crippen LogP contribution >= 0.6 is 0 Å². The number of benzene rings is 2. The Bertz CT molecular complexity index is 633. The lowest BCUT2D eigenvalue weighted by Gasteiger charge is -2.30. The quantitative estimate of drug-likeness (QED) is 0.933. The number of aliphatic hydroxyl groups excluding tert-OH is 1. The van der Waals surface area contributed by atoms with Crippen LogP contribution in [0, 0.1) is 13.8 Å². The Morgan fingerprint density at radius 2 is 2.00 bits per heavy atom. The van der Waals surface area contributed by atoms with Crippen molar-refractivity contribution >= 4 is 0 Å². The van der Waals surface area contributed by atoms with Crippen molar-refractivity contribution in [3.63, 3.8) is 0 Å². The fraction of sp³-hybridized carbons (Fsp3) is 0.368. The summed E-state index contributed by atoms with van der Waals surface area (Å²) in [6.07, 6.45) is 0.844. The Balaban J connectivity index is 1.83. The van der Waals surface area contributed by atoms with Gasteiger partial charge in [-0.3, -0.25) is 0 Å². The summed E-state index contributed by atoms with van der Waals surface area (Å²) in [5, 5.41) is 10.7. The molecule has 0 spiro atoms. The van der Waals surface area contributed by atoms with Crippen molar-refractivity contribution in [2.75, 3.05) is 6.61 Å². The second-order valence-corrected chi connectivity index (χ2v) is 5.94. The number of hydrogen-bond acceptors (Lipinski definition) is 2. The zero-order valence-electron chi connectivity index (χ0n) is 12.7. The smallest absolute Gasteiger partial charge is 0.109 e. The van der Waals surface area contributed by atoms with Gasteiger partial charge in [-0.1, -0.05) is 48.0 Å². The van der Waals surface area contributed by atoms with Crippen molar-refractivity contribution in [3.8, 4) is 0 Å². The first-order valence-corrected chi connectivity index (χ1v) is 7.59. The average Bonchev–Trinajstić information content (AvgIpc) is 2.50. The molecule has 1 N–H and O–H groups in total. The van der Waals surface area contributed by atoms with E-state index in [-0.39, 0.29) is 6.10 Å². The molecule has 2 aromatic rings. The lowest BCUT2D eigenvalue weighted by atomic mass is 9.90.